The molecular weight excluding hydrogens is 181 g/mol. The fourth-order valence-electron chi connectivity index (χ4n) is 1.41. The highest BCUT2D eigenvalue weighted by molar-refractivity contribution is 5.30. The van der Waals surface area contributed by atoms with Crippen LogP contribution in [-0.4, -0.2) is 12.1 Å². The van der Waals surface area contributed by atoms with E-state index in [1.54, 1.807) is 12.1 Å². The Morgan fingerprint density at radius 1 is 1.50 bits per heavy atom. The molecule has 3 heteroatoms. The summed E-state index contributed by atoms with van der Waals surface area (Å²) >= 11 is 0. The molecule has 0 radical (unpaired) electrons. The Balaban J connectivity index is 2.20. The summed E-state index contributed by atoms with van der Waals surface area (Å²) in [6.45, 7) is 2.37. The van der Waals surface area contributed by atoms with Crippen LogP contribution in [0, 0.1) is 12.7 Å². The lowest BCUT2D eigenvalue weighted by atomic mass is 10.2. The van der Waals surface area contributed by atoms with E-state index in [9.17, 15) is 4.39 Å². The van der Waals surface area contributed by atoms with Crippen LogP contribution in [0.3, 0.4) is 0 Å². The summed E-state index contributed by atoms with van der Waals surface area (Å²) in [4.78, 5) is 0. The van der Waals surface area contributed by atoms with Crippen molar-refractivity contribution in [1.82, 2.24) is 0 Å². The van der Waals surface area contributed by atoms with E-state index < -0.39 is 0 Å². The van der Waals surface area contributed by atoms with Crippen molar-refractivity contribution in [1.29, 1.82) is 0 Å². The quantitative estimate of drug-likeness (QED) is 0.800. The lowest BCUT2D eigenvalue weighted by Crippen LogP contribution is -2.28. The Labute approximate surface area is 82.9 Å². The van der Waals surface area contributed by atoms with Crippen LogP contribution in [0.4, 0.5) is 4.39 Å². The predicted octanol–water partition coefficient (Wildman–Crippen LogP) is 2.00. The van der Waals surface area contributed by atoms with Gasteiger partial charge in [-0.05, 0) is 37.5 Å². The summed E-state index contributed by atoms with van der Waals surface area (Å²) in [5.74, 6) is 0.0169. The zero-order valence-electron chi connectivity index (χ0n) is 8.22. The third-order valence-electron chi connectivity index (χ3n) is 2.59. The number of rotatable bonds is 3. The number of nitrogens with two attached hydrogens (primary N) is 1. The largest absolute Gasteiger partial charge is 0.483 e. The van der Waals surface area contributed by atoms with Crippen LogP contribution in [0.15, 0.2) is 18.2 Å². The van der Waals surface area contributed by atoms with Gasteiger partial charge in [0.2, 0.25) is 0 Å². The van der Waals surface area contributed by atoms with E-state index in [0.717, 1.165) is 18.4 Å². The second-order valence-corrected chi connectivity index (χ2v) is 3.92. The van der Waals surface area contributed by atoms with Gasteiger partial charge in [-0.2, -0.15) is 0 Å². The van der Waals surface area contributed by atoms with E-state index in [-0.39, 0.29) is 11.4 Å². The first kappa shape index (κ1) is 9.46. The van der Waals surface area contributed by atoms with Crippen molar-refractivity contribution in [3.8, 4) is 5.75 Å². The van der Waals surface area contributed by atoms with Gasteiger partial charge >= 0.3 is 0 Å². The highest BCUT2D eigenvalue weighted by Crippen LogP contribution is 2.40. The lowest BCUT2D eigenvalue weighted by Gasteiger charge is -2.16. The third-order valence-corrected chi connectivity index (χ3v) is 2.59. The molecule has 2 rings (SSSR count). The zero-order chi connectivity index (χ0) is 10.2. The SMILES string of the molecule is Cc1ccc(F)c(OC2(CN)CC2)c1. The molecule has 0 unspecified atom stereocenters. The number of aryl methyl sites for hydroxylation is 1. The highest BCUT2D eigenvalue weighted by Gasteiger charge is 2.44. The molecule has 2 N–H and O–H groups in total. The minimum Gasteiger partial charge on any atom is -0.483 e. The number of hydrogen-bond donors (Lipinski definition) is 1. The summed E-state index contributed by atoms with van der Waals surface area (Å²) in [7, 11) is 0. The van der Waals surface area contributed by atoms with Crippen molar-refractivity contribution in [2.24, 2.45) is 5.73 Å². The molecule has 76 valence electrons. The van der Waals surface area contributed by atoms with E-state index in [4.69, 9.17) is 10.5 Å². The Hall–Kier alpha value is -1.09. The molecule has 0 atom stereocenters. The van der Waals surface area contributed by atoms with Crippen LogP contribution in [0.25, 0.3) is 0 Å². The van der Waals surface area contributed by atoms with E-state index in [0.29, 0.717) is 12.3 Å². The highest BCUT2D eigenvalue weighted by atomic mass is 19.1. The van der Waals surface area contributed by atoms with Gasteiger partial charge in [0.1, 0.15) is 5.60 Å². The molecule has 1 aromatic carbocycles. The summed E-state index contributed by atoms with van der Waals surface area (Å²) < 4.78 is 18.9. The van der Waals surface area contributed by atoms with E-state index in [1.807, 2.05) is 6.92 Å². The van der Waals surface area contributed by atoms with Crippen molar-refractivity contribution in [3.05, 3.63) is 29.6 Å². The summed E-state index contributed by atoms with van der Waals surface area (Å²) in [5, 5.41) is 0. The van der Waals surface area contributed by atoms with Gasteiger partial charge in [-0.3, -0.25) is 0 Å². The summed E-state index contributed by atoms with van der Waals surface area (Å²) in [5.41, 5.74) is 6.27. The second-order valence-electron chi connectivity index (χ2n) is 3.92. The lowest BCUT2D eigenvalue weighted by molar-refractivity contribution is 0.179. The number of ether oxygens (including phenoxy) is 1. The minimum absolute atomic E-state index is 0.283. The van der Waals surface area contributed by atoms with Crippen molar-refractivity contribution in [2.45, 2.75) is 25.4 Å². The van der Waals surface area contributed by atoms with Crippen molar-refractivity contribution in [2.75, 3.05) is 6.54 Å². The smallest absolute Gasteiger partial charge is 0.165 e. The topological polar surface area (TPSA) is 35.2 Å². The molecule has 14 heavy (non-hydrogen) atoms. The normalized spacial score (nSPS) is 17.9. The first-order chi connectivity index (χ1) is 6.65. The number of halogens is 1. The van der Waals surface area contributed by atoms with Crippen LogP contribution >= 0.6 is 0 Å². The van der Waals surface area contributed by atoms with Gasteiger partial charge < -0.3 is 10.5 Å². The maximum Gasteiger partial charge on any atom is 0.165 e. The average molecular weight is 195 g/mol. The molecule has 0 bridgehead atoms. The minimum atomic E-state index is -0.310. The molecule has 0 aromatic heterocycles. The van der Waals surface area contributed by atoms with E-state index in [2.05, 4.69) is 0 Å². The average Bonchev–Trinajstić information content (AvgIpc) is 2.92. The maximum atomic E-state index is 13.3. The molecule has 1 saturated carbocycles. The van der Waals surface area contributed by atoms with Crippen LogP contribution in [0.1, 0.15) is 18.4 Å². The van der Waals surface area contributed by atoms with Gasteiger partial charge in [0.15, 0.2) is 11.6 Å². The Morgan fingerprint density at radius 3 is 2.79 bits per heavy atom. The monoisotopic (exact) mass is 195 g/mol. The van der Waals surface area contributed by atoms with Gasteiger partial charge in [-0.25, -0.2) is 4.39 Å². The molecule has 0 spiro atoms. The molecule has 2 nitrogen and oxygen atoms in total. The first-order valence-electron chi connectivity index (χ1n) is 4.80. The number of hydrogen-bond acceptors (Lipinski definition) is 2. The first-order valence-corrected chi connectivity index (χ1v) is 4.80. The molecular formula is C11H14FNO. The molecule has 0 amide bonds. The van der Waals surface area contributed by atoms with E-state index >= 15 is 0 Å². The maximum absolute atomic E-state index is 13.3. The van der Waals surface area contributed by atoms with Crippen LogP contribution in [0.2, 0.25) is 0 Å². The van der Waals surface area contributed by atoms with Crippen LogP contribution in [-0.2, 0) is 0 Å². The fraction of sp³-hybridized carbons (Fsp3) is 0.455. The van der Waals surface area contributed by atoms with Crippen LogP contribution in [0.5, 0.6) is 5.75 Å². The molecule has 0 aliphatic heterocycles. The molecule has 1 aliphatic carbocycles. The zero-order valence-corrected chi connectivity index (χ0v) is 8.22. The summed E-state index contributed by atoms with van der Waals surface area (Å²) in [6.07, 6.45) is 1.85. The molecule has 1 aliphatic rings. The van der Waals surface area contributed by atoms with Gasteiger partial charge in [0.25, 0.3) is 0 Å². The predicted molar refractivity (Wildman–Crippen MR) is 52.8 cm³/mol. The van der Waals surface area contributed by atoms with Crippen molar-refractivity contribution >= 4 is 0 Å². The van der Waals surface area contributed by atoms with Crippen molar-refractivity contribution < 1.29 is 9.13 Å². The molecule has 0 heterocycles. The van der Waals surface area contributed by atoms with Gasteiger partial charge in [0, 0.05) is 6.54 Å². The van der Waals surface area contributed by atoms with Gasteiger partial charge in [-0.15, -0.1) is 0 Å². The summed E-state index contributed by atoms with van der Waals surface area (Å²) in [6, 6.07) is 4.87. The van der Waals surface area contributed by atoms with Gasteiger partial charge in [-0.1, -0.05) is 6.07 Å². The third kappa shape index (κ3) is 1.73. The molecule has 1 fully saturated rings. The standard InChI is InChI=1S/C11H14FNO/c1-8-2-3-9(12)10(6-8)14-11(7-13)4-5-11/h2-3,6H,4-5,7,13H2,1H3. The van der Waals surface area contributed by atoms with Gasteiger partial charge in [0.05, 0.1) is 0 Å². The van der Waals surface area contributed by atoms with Crippen LogP contribution < -0.4 is 10.5 Å². The Morgan fingerprint density at radius 2 is 2.21 bits per heavy atom. The number of benzene rings is 1. The second kappa shape index (κ2) is 3.24. The Kier molecular flexibility index (Phi) is 2.19. The van der Waals surface area contributed by atoms with Crippen molar-refractivity contribution in [3.63, 3.8) is 0 Å². The molecule has 1 aromatic rings. The van der Waals surface area contributed by atoms with E-state index in [1.165, 1.54) is 6.07 Å². The Bertz CT molecular complexity index is 347. The molecule has 0 saturated heterocycles. The fourth-order valence-corrected chi connectivity index (χ4v) is 1.41.